The van der Waals surface area contributed by atoms with Gasteiger partial charge in [-0.15, -0.1) is 0 Å². The largest absolute Gasteiger partial charge is 0.481 e. The van der Waals surface area contributed by atoms with E-state index in [0.717, 1.165) is 4.57 Å². The number of hydrogen-bond acceptors (Lipinski definition) is 5. The molecule has 1 amide bonds. The van der Waals surface area contributed by atoms with Crippen LogP contribution in [0.5, 0.6) is 0 Å². The number of carbonyl (C=O) groups is 2. The Bertz CT molecular complexity index is 584. The van der Waals surface area contributed by atoms with Crippen LogP contribution in [0.15, 0.2) is 23.3 Å². The van der Waals surface area contributed by atoms with E-state index < -0.39 is 29.0 Å². The molecule has 0 aromatic carbocycles. The standard InChI is InChI=1S/C12H15N3O5/c1-12(10(17)18)7-20-6-8(12)14-9(16)5-15-4-2-3-13-11(15)19/h2-4,8H,5-7H2,1H3,(H,14,16)(H,17,18). The molecule has 0 saturated carbocycles. The van der Waals surface area contributed by atoms with Crippen molar-refractivity contribution in [3.05, 3.63) is 28.9 Å². The average molecular weight is 281 g/mol. The van der Waals surface area contributed by atoms with E-state index in [4.69, 9.17) is 4.74 Å². The van der Waals surface area contributed by atoms with E-state index in [0.29, 0.717) is 0 Å². The number of ether oxygens (including phenoxy) is 1. The van der Waals surface area contributed by atoms with Crippen LogP contribution in [0.1, 0.15) is 6.92 Å². The first-order chi connectivity index (χ1) is 9.43. The predicted octanol–water partition coefficient (Wildman–Crippen LogP) is -1.15. The molecule has 2 heterocycles. The van der Waals surface area contributed by atoms with E-state index in [9.17, 15) is 19.5 Å². The summed E-state index contributed by atoms with van der Waals surface area (Å²) < 4.78 is 6.27. The molecule has 1 aromatic heterocycles. The molecule has 2 unspecified atom stereocenters. The monoisotopic (exact) mass is 281 g/mol. The van der Waals surface area contributed by atoms with Crippen LogP contribution in [0.3, 0.4) is 0 Å². The molecule has 0 radical (unpaired) electrons. The number of carboxylic acid groups (broad SMARTS) is 1. The minimum Gasteiger partial charge on any atom is -0.481 e. The molecular weight excluding hydrogens is 266 g/mol. The van der Waals surface area contributed by atoms with Crippen molar-refractivity contribution in [2.45, 2.75) is 19.5 Å². The first kappa shape index (κ1) is 14.2. The van der Waals surface area contributed by atoms with Gasteiger partial charge >= 0.3 is 11.7 Å². The molecular formula is C12H15N3O5. The summed E-state index contributed by atoms with van der Waals surface area (Å²) in [6.45, 7) is 1.49. The Labute approximate surface area is 114 Å². The molecule has 2 atom stereocenters. The summed E-state index contributed by atoms with van der Waals surface area (Å²) in [6, 6.07) is 0.911. The molecule has 1 aliphatic rings. The summed E-state index contributed by atoms with van der Waals surface area (Å²) in [6.07, 6.45) is 2.78. The fourth-order valence-corrected chi connectivity index (χ4v) is 1.99. The van der Waals surface area contributed by atoms with Crippen molar-refractivity contribution < 1.29 is 19.4 Å². The third-order valence-electron chi connectivity index (χ3n) is 3.38. The van der Waals surface area contributed by atoms with Crippen molar-refractivity contribution in [3.63, 3.8) is 0 Å². The summed E-state index contributed by atoms with van der Waals surface area (Å²) in [5, 5.41) is 11.8. The first-order valence-electron chi connectivity index (χ1n) is 6.05. The predicted molar refractivity (Wildman–Crippen MR) is 67.0 cm³/mol. The molecule has 2 N–H and O–H groups in total. The molecule has 8 heteroatoms. The number of carboxylic acids is 1. The minimum atomic E-state index is -1.16. The lowest BCUT2D eigenvalue weighted by Crippen LogP contribution is -2.50. The van der Waals surface area contributed by atoms with Crippen molar-refractivity contribution >= 4 is 11.9 Å². The summed E-state index contributed by atoms with van der Waals surface area (Å²) in [7, 11) is 0. The van der Waals surface area contributed by atoms with Gasteiger partial charge in [0.2, 0.25) is 5.91 Å². The number of rotatable bonds is 4. The number of aliphatic carboxylic acids is 1. The van der Waals surface area contributed by atoms with Gasteiger partial charge in [-0.3, -0.25) is 14.2 Å². The summed E-state index contributed by atoms with van der Waals surface area (Å²) in [5.74, 6) is -1.48. The Morgan fingerprint density at radius 1 is 1.65 bits per heavy atom. The third kappa shape index (κ3) is 2.69. The maximum absolute atomic E-state index is 11.9. The highest BCUT2D eigenvalue weighted by Crippen LogP contribution is 2.28. The van der Waals surface area contributed by atoms with Crippen LogP contribution in [0.25, 0.3) is 0 Å². The molecule has 8 nitrogen and oxygen atoms in total. The van der Waals surface area contributed by atoms with Gasteiger partial charge < -0.3 is 15.2 Å². The SMILES string of the molecule is CC1(C(=O)O)COCC1NC(=O)Cn1cccnc1=O. The highest BCUT2D eigenvalue weighted by atomic mass is 16.5. The lowest BCUT2D eigenvalue weighted by molar-refractivity contribution is -0.149. The molecule has 1 aliphatic heterocycles. The summed E-state index contributed by atoms with van der Waals surface area (Å²) in [4.78, 5) is 38.0. The Morgan fingerprint density at radius 3 is 3.05 bits per heavy atom. The van der Waals surface area contributed by atoms with Gasteiger partial charge in [-0.05, 0) is 13.0 Å². The van der Waals surface area contributed by atoms with Crippen molar-refractivity contribution in [1.29, 1.82) is 0 Å². The van der Waals surface area contributed by atoms with Crippen molar-refractivity contribution in [3.8, 4) is 0 Å². The van der Waals surface area contributed by atoms with Crippen LogP contribution in [0.2, 0.25) is 0 Å². The second-order valence-corrected chi connectivity index (χ2v) is 4.89. The molecule has 0 spiro atoms. The second kappa shape index (κ2) is 5.41. The number of carbonyl (C=O) groups excluding carboxylic acids is 1. The molecule has 1 fully saturated rings. The van der Waals surface area contributed by atoms with Gasteiger partial charge in [-0.2, -0.15) is 0 Å². The maximum atomic E-state index is 11.9. The normalized spacial score (nSPS) is 25.4. The van der Waals surface area contributed by atoms with Crippen LogP contribution in [-0.4, -0.2) is 45.8 Å². The zero-order chi connectivity index (χ0) is 14.8. The van der Waals surface area contributed by atoms with Gasteiger partial charge in [-0.25, -0.2) is 9.78 Å². The molecule has 1 aromatic rings. The van der Waals surface area contributed by atoms with Gasteiger partial charge in [-0.1, -0.05) is 0 Å². The molecule has 0 bridgehead atoms. The van der Waals surface area contributed by atoms with E-state index in [1.807, 2.05) is 0 Å². The average Bonchev–Trinajstić information content (AvgIpc) is 2.75. The smallest absolute Gasteiger partial charge is 0.347 e. The summed E-state index contributed by atoms with van der Waals surface area (Å²) >= 11 is 0. The Morgan fingerprint density at radius 2 is 2.40 bits per heavy atom. The number of aromatic nitrogens is 2. The Kier molecular flexibility index (Phi) is 3.84. The van der Waals surface area contributed by atoms with Gasteiger partial charge in [0.1, 0.15) is 12.0 Å². The highest BCUT2D eigenvalue weighted by molar-refractivity contribution is 5.80. The first-order valence-corrected chi connectivity index (χ1v) is 6.05. The van der Waals surface area contributed by atoms with Crippen molar-refractivity contribution in [1.82, 2.24) is 14.9 Å². The van der Waals surface area contributed by atoms with E-state index >= 15 is 0 Å². The Hall–Kier alpha value is -2.22. The third-order valence-corrected chi connectivity index (χ3v) is 3.38. The second-order valence-electron chi connectivity index (χ2n) is 4.89. The molecule has 0 aliphatic carbocycles. The molecule has 20 heavy (non-hydrogen) atoms. The van der Waals surface area contributed by atoms with E-state index in [1.54, 1.807) is 0 Å². The van der Waals surface area contributed by atoms with E-state index in [1.165, 1.54) is 25.4 Å². The van der Waals surface area contributed by atoms with Gasteiger partial charge in [0.15, 0.2) is 0 Å². The minimum absolute atomic E-state index is 0.0418. The quantitative estimate of drug-likeness (QED) is 0.721. The number of amides is 1. The number of hydrogen-bond donors (Lipinski definition) is 2. The van der Waals surface area contributed by atoms with Crippen LogP contribution in [0.4, 0.5) is 0 Å². The van der Waals surface area contributed by atoms with Crippen molar-refractivity contribution in [2.24, 2.45) is 5.41 Å². The Balaban J connectivity index is 2.04. The maximum Gasteiger partial charge on any atom is 0.347 e. The van der Waals surface area contributed by atoms with Crippen LogP contribution in [-0.2, 0) is 20.9 Å². The fourth-order valence-electron chi connectivity index (χ4n) is 1.99. The van der Waals surface area contributed by atoms with Gasteiger partial charge in [0, 0.05) is 12.4 Å². The lowest BCUT2D eigenvalue weighted by atomic mass is 9.85. The molecule has 108 valence electrons. The highest BCUT2D eigenvalue weighted by Gasteiger charge is 2.47. The summed E-state index contributed by atoms with van der Waals surface area (Å²) in [5.41, 5.74) is -1.69. The van der Waals surface area contributed by atoms with Crippen LogP contribution in [0, 0.1) is 5.41 Å². The van der Waals surface area contributed by atoms with E-state index in [2.05, 4.69) is 10.3 Å². The van der Waals surface area contributed by atoms with Gasteiger partial charge in [0.05, 0.1) is 19.3 Å². The fraction of sp³-hybridized carbons (Fsp3) is 0.500. The molecule has 1 saturated heterocycles. The lowest BCUT2D eigenvalue weighted by Gasteiger charge is -2.25. The molecule has 2 rings (SSSR count). The zero-order valence-corrected chi connectivity index (χ0v) is 10.9. The van der Waals surface area contributed by atoms with Gasteiger partial charge in [0.25, 0.3) is 0 Å². The van der Waals surface area contributed by atoms with Crippen LogP contribution >= 0.6 is 0 Å². The van der Waals surface area contributed by atoms with E-state index in [-0.39, 0.29) is 19.8 Å². The zero-order valence-electron chi connectivity index (χ0n) is 10.9. The van der Waals surface area contributed by atoms with Crippen LogP contribution < -0.4 is 11.0 Å². The number of nitrogens with one attached hydrogen (secondary N) is 1. The number of nitrogens with zero attached hydrogens (tertiary/aromatic N) is 2. The van der Waals surface area contributed by atoms with Crippen molar-refractivity contribution in [2.75, 3.05) is 13.2 Å². The topological polar surface area (TPSA) is 111 Å².